The summed E-state index contributed by atoms with van der Waals surface area (Å²) in [6, 6.07) is 4.14. The number of nitrogens with zero attached hydrogens (tertiary/aromatic N) is 2. The van der Waals surface area contributed by atoms with E-state index in [0.717, 1.165) is 49.2 Å². The van der Waals surface area contributed by atoms with Crippen LogP contribution in [0.3, 0.4) is 0 Å². The van der Waals surface area contributed by atoms with Gasteiger partial charge in [-0.3, -0.25) is 0 Å². The van der Waals surface area contributed by atoms with Gasteiger partial charge in [-0.15, -0.1) is 11.6 Å². The Balaban J connectivity index is 1.86. The van der Waals surface area contributed by atoms with E-state index in [2.05, 4.69) is 36.0 Å². The molecule has 0 N–H and O–H groups in total. The first-order chi connectivity index (χ1) is 9.22. The van der Waals surface area contributed by atoms with E-state index in [0.29, 0.717) is 5.88 Å². The van der Waals surface area contributed by atoms with Crippen LogP contribution in [0.4, 0.5) is 5.82 Å². The molecule has 0 radical (unpaired) electrons. The number of likely N-dealkylation sites (N-methyl/N-ethyl adjacent to an activating group) is 1. The lowest BCUT2D eigenvalue weighted by Crippen LogP contribution is -2.24. The molecule has 0 aromatic carbocycles. The van der Waals surface area contributed by atoms with Crippen molar-refractivity contribution in [3.63, 3.8) is 0 Å². The average molecular weight is 283 g/mol. The smallest absolute Gasteiger partial charge is 0.128 e. The third-order valence-electron chi connectivity index (χ3n) is 3.45. The van der Waals surface area contributed by atoms with Crippen LogP contribution < -0.4 is 4.90 Å². The highest BCUT2D eigenvalue weighted by molar-refractivity contribution is 6.17. The molecule has 1 aliphatic rings. The molecule has 106 valence electrons. The zero-order valence-electron chi connectivity index (χ0n) is 11.9. The van der Waals surface area contributed by atoms with Crippen molar-refractivity contribution in [2.75, 3.05) is 31.7 Å². The van der Waals surface area contributed by atoms with E-state index in [9.17, 15) is 0 Å². The molecule has 0 bridgehead atoms. The van der Waals surface area contributed by atoms with Crippen LogP contribution in [0.2, 0.25) is 0 Å². The quantitative estimate of drug-likeness (QED) is 0.541. The van der Waals surface area contributed by atoms with Crippen molar-refractivity contribution in [1.29, 1.82) is 0 Å². The van der Waals surface area contributed by atoms with Crippen LogP contribution in [0.15, 0.2) is 12.1 Å². The molecule has 0 amide bonds. The molecule has 0 spiro atoms. The van der Waals surface area contributed by atoms with E-state index in [1.165, 1.54) is 12.8 Å². The summed E-state index contributed by atoms with van der Waals surface area (Å²) in [5.41, 5.74) is 2.23. The predicted octanol–water partition coefficient (Wildman–Crippen LogP) is 3.25. The first-order valence-corrected chi connectivity index (χ1v) is 7.61. The molecule has 1 aromatic heterocycles. The Hall–Kier alpha value is -0.800. The van der Waals surface area contributed by atoms with Crippen molar-refractivity contribution < 1.29 is 4.74 Å². The molecule has 0 unspecified atom stereocenters. The SMILES string of the molecule is CCc1cc(CCl)cc(N(C)CCOCC2CC2)n1. The van der Waals surface area contributed by atoms with Gasteiger partial charge in [0, 0.05) is 31.8 Å². The number of rotatable bonds is 8. The highest BCUT2D eigenvalue weighted by Crippen LogP contribution is 2.28. The van der Waals surface area contributed by atoms with Crippen molar-refractivity contribution in [2.24, 2.45) is 5.92 Å². The van der Waals surface area contributed by atoms with E-state index in [-0.39, 0.29) is 0 Å². The van der Waals surface area contributed by atoms with Crippen molar-refractivity contribution in [3.05, 3.63) is 23.4 Å². The Morgan fingerprint density at radius 2 is 2.21 bits per heavy atom. The molecule has 0 saturated heterocycles. The second kappa shape index (κ2) is 7.11. The Morgan fingerprint density at radius 1 is 1.42 bits per heavy atom. The highest BCUT2D eigenvalue weighted by Gasteiger charge is 2.21. The predicted molar refractivity (Wildman–Crippen MR) is 80.0 cm³/mol. The lowest BCUT2D eigenvalue weighted by atomic mass is 10.2. The van der Waals surface area contributed by atoms with Gasteiger partial charge in [0.15, 0.2) is 0 Å². The van der Waals surface area contributed by atoms with Crippen LogP contribution in [0.25, 0.3) is 0 Å². The summed E-state index contributed by atoms with van der Waals surface area (Å²) in [6.07, 6.45) is 3.62. The van der Waals surface area contributed by atoms with E-state index >= 15 is 0 Å². The van der Waals surface area contributed by atoms with Crippen molar-refractivity contribution in [3.8, 4) is 0 Å². The molecular weight excluding hydrogens is 260 g/mol. The summed E-state index contributed by atoms with van der Waals surface area (Å²) in [6.45, 7) is 4.67. The van der Waals surface area contributed by atoms with Crippen molar-refractivity contribution in [1.82, 2.24) is 4.98 Å². The van der Waals surface area contributed by atoms with Gasteiger partial charge >= 0.3 is 0 Å². The molecule has 1 fully saturated rings. The summed E-state index contributed by atoms with van der Waals surface area (Å²) in [4.78, 5) is 6.78. The number of aromatic nitrogens is 1. The molecular formula is C15H23ClN2O. The Bertz CT molecular complexity index is 385. The average Bonchev–Trinajstić information content (AvgIpc) is 3.26. The molecule has 0 aliphatic heterocycles. The standard InChI is InChI=1S/C15H23ClN2O/c1-3-14-8-13(10-16)9-15(17-14)18(2)6-7-19-11-12-4-5-12/h8-9,12H,3-7,10-11H2,1-2H3. The molecule has 0 atom stereocenters. The van der Waals surface area contributed by atoms with Gasteiger partial charge in [-0.25, -0.2) is 4.98 Å². The fraction of sp³-hybridized carbons (Fsp3) is 0.667. The minimum absolute atomic E-state index is 0.536. The summed E-state index contributed by atoms with van der Waals surface area (Å²) >= 11 is 5.93. The first-order valence-electron chi connectivity index (χ1n) is 7.07. The number of halogens is 1. The monoisotopic (exact) mass is 282 g/mol. The molecule has 1 heterocycles. The maximum absolute atomic E-state index is 5.93. The van der Waals surface area contributed by atoms with Gasteiger partial charge in [0.05, 0.1) is 6.61 Å². The minimum atomic E-state index is 0.536. The third-order valence-corrected chi connectivity index (χ3v) is 3.76. The zero-order chi connectivity index (χ0) is 13.7. The largest absolute Gasteiger partial charge is 0.379 e. The Kier molecular flexibility index (Phi) is 5.46. The first kappa shape index (κ1) is 14.6. The second-order valence-corrected chi connectivity index (χ2v) is 5.52. The lowest BCUT2D eigenvalue weighted by Gasteiger charge is -2.19. The fourth-order valence-corrected chi connectivity index (χ4v) is 2.09. The van der Waals surface area contributed by atoms with Crippen molar-refractivity contribution in [2.45, 2.75) is 32.1 Å². The number of hydrogen-bond donors (Lipinski definition) is 0. The van der Waals surface area contributed by atoms with Gasteiger partial charge < -0.3 is 9.64 Å². The van der Waals surface area contributed by atoms with Gasteiger partial charge in [0.2, 0.25) is 0 Å². The number of pyridine rings is 1. The van der Waals surface area contributed by atoms with Gasteiger partial charge in [-0.1, -0.05) is 6.92 Å². The normalized spacial score (nSPS) is 14.7. The van der Waals surface area contributed by atoms with Crippen LogP contribution in [-0.2, 0) is 17.0 Å². The molecule has 1 aromatic rings. The fourth-order valence-electron chi connectivity index (χ4n) is 1.94. The Labute approximate surface area is 120 Å². The van der Waals surface area contributed by atoms with Crippen LogP contribution in [0, 0.1) is 5.92 Å². The molecule has 1 aliphatic carbocycles. The number of anilines is 1. The number of alkyl halides is 1. The van der Waals surface area contributed by atoms with Crippen LogP contribution in [0.5, 0.6) is 0 Å². The summed E-state index contributed by atoms with van der Waals surface area (Å²) in [5, 5.41) is 0. The molecule has 2 rings (SSSR count). The van der Waals surface area contributed by atoms with Gasteiger partial charge in [-0.05, 0) is 42.9 Å². The molecule has 4 heteroatoms. The van der Waals surface area contributed by atoms with E-state index in [1.807, 2.05) is 0 Å². The minimum Gasteiger partial charge on any atom is -0.379 e. The van der Waals surface area contributed by atoms with Crippen LogP contribution >= 0.6 is 11.6 Å². The van der Waals surface area contributed by atoms with E-state index in [1.54, 1.807) is 0 Å². The number of aryl methyl sites for hydroxylation is 1. The van der Waals surface area contributed by atoms with Gasteiger partial charge in [-0.2, -0.15) is 0 Å². The maximum Gasteiger partial charge on any atom is 0.128 e. The summed E-state index contributed by atoms with van der Waals surface area (Å²) < 4.78 is 5.67. The Morgan fingerprint density at radius 3 is 2.84 bits per heavy atom. The molecule has 1 saturated carbocycles. The highest BCUT2D eigenvalue weighted by atomic mass is 35.5. The summed E-state index contributed by atoms with van der Waals surface area (Å²) in [5.74, 6) is 2.36. The molecule has 19 heavy (non-hydrogen) atoms. The topological polar surface area (TPSA) is 25.4 Å². The second-order valence-electron chi connectivity index (χ2n) is 5.25. The molecule has 3 nitrogen and oxygen atoms in total. The third kappa shape index (κ3) is 4.66. The number of ether oxygens (including phenoxy) is 1. The van der Waals surface area contributed by atoms with E-state index < -0.39 is 0 Å². The van der Waals surface area contributed by atoms with Crippen molar-refractivity contribution >= 4 is 17.4 Å². The summed E-state index contributed by atoms with van der Waals surface area (Å²) in [7, 11) is 2.06. The lowest BCUT2D eigenvalue weighted by molar-refractivity contribution is 0.131. The van der Waals surface area contributed by atoms with E-state index in [4.69, 9.17) is 16.3 Å². The van der Waals surface area contributed by atoms with Crippen LogP contribution in [0.1, 0.15) is 31.0 Å². The van der Waals surface area contributed by atoms with Gasteiger partial charge in [0.25, 0.3) is 0 Å². The maximum atomic E-state index is 5.93. The van der Waals surface area contributed by atoms with Crippen LogP contribution in [-0.4, -0.2) is 31.8 Å². The van der Waals surface area contributed by atoms with Gasteiger partial charge in [0.1, 0.15) is 5.82 Å². The number of hydrogen-bond acceptors (Lipinski definition) is 3. The zero-order valence-corrected chi connectivity index (χ0v) is 12.6.